The van der Waals surface area contributed by atoms with Crippen LogP contribution < -0.4 is 10.6 Å². The van der Waals surface area contributed by atoms with Gasteiger partial charge in [-0.05, 0) is 49.4 Å². The van der Waals surface area contributed by atoms with Gasteiger partial charge in [-0.1, -0.05) is 25.1 Å². The Labute approximate surface area is 126 Å². The van der Waals surface area contributed by atoms with Crippen molar-refractivity contribution in [3.8, 4) is 0 Å². The molecule has 108 valence electrons. The van der Waals surface area contributed by atoms with E-state index in [4.69, 9.17) is 5.73 Å². The number of nitrogens with zero attached hydrogens (tertiary/aromatic N) is 1. The van der Waals surface area contributed by atoms with E-state index >= 15 is 0 Å². The fraction of sp³-hybridized carbons (Fsp3) is 0.412. The van der Waals surface area contributed by atoms with E-state index in [1.54, 1.807) is 0 Å². The molecule has 1 atom stereocenters. The zero-order valence-corrected chi connectivity index (χ0v) is 13.4. The van der Waals surface area contributed by atoms with Crippen molar-refractivity contribution in [2.24, 2.45) is 5.73 Å². The summed E-state index contributed by atoms with van der Waals surface area (Å²) >= 11 is 1.81. The van der Waals surface area contributed by atoms with E-state index in [-0.39, 0.29) is 6.04 Å². The van der Waals surface area contributed by atoms with E-state index in [0.29, 0.717) is 6.04 Å². The molecule has 1 heterocycles. The summed E-state index contributed by atoms with van der Waals surface area (Å²) in [7, 11) is 0. The molecule has 2 aromatic rings. The third kappa shape index (κ3) is 3.62. The van der Waals surface area contributed by atoms with Crippen LogP contribution in [0, 0.1) is 0 Å². The Balaban J connectivity index is 2.17. The van der Waals surface area contributed by atoms with Crippen molar-refractivity contribution in [3.63, 3.8) is 0 Å². The standard InChI is InChI=1S/C17H24N2S/c1-4-17(18)14-7-9-15(10-8-14)19(13(2)3)12-16-6-5-11-20-16/h5-11,13,17H,4,12,18H2,1-3H3/t17-/m1/s1. The quantitative estimate of drug-likeness (QED) is 0.843. The first-order chi connectivity index (χ1) is 9.61. The van der Waals surface area contributed by atoms with Crippen LogP contribution in [0.15, 0.2) is 41.8 Å². The van der Waals surface area contributed by atoms with Gasteiger partial charge in [-0.25, -0.2) is 0 Å². The molecule has 1 aromatic heterocycles. The van der Waals surface area contributed by atoms with E-state index < -0.39 is 0 Å². The highest BCUT2D eigenvalue weighted by molar-refractivity contribution is 7.09. The summed E-state index contributed by atoms with van der Waals surface area (Å²) in [4.78, 5) is 3.82. The second-order valence-electron chi connectivity index (χ2n) is 5.41. The van der Waals surface area contributed by atoms with Crippen LogP contribution in [0.2, 0.25) is 0 Å². The van der Waals surface area contributed by atoms with Gasteiger partial charge >= 0.3 is 0 Å². The first-order valence-corrected chi connectivity index (χ1v) is 8.14. The van der Waals surface area contributed by atoms with Crippen molar-refractivity contribution in [1.29, 1.82) is 0 Å². The zero-order chi connectivity index (χ0) is 14.5. The monoisotopic (exact) mass is 288 g/mol. The maximum absolute atomic E-state index is 6.08. The number of hydrogen-bond donors (Lipinski definition) is 1. The number of rotatable bonds is 6. The molecule has 0 radical (unpaired) electrons. The molecule has 2 N–H and O–H groups in total. The van der Waals surface area contributed by atoms with E-state index in [1.807, 2.05) is 11.3 Å². The number of hydrogen-bond acceptors (Lipinski definition) is 3. The van der Waals surface area contributed by atoms with Gasteiger partial charge in [0.25, 0.3) is 0 Å². The Kier molecular flexibility index (Phi) is 5.21. The highest BCUT2D eigenvalue weighted by atomic mass is 32.1. The van der Waals surface area contributed by atoms with Gasteiger partial charge in [-0.15, -0.1) is 11.3 Å². The van der Waals surface area contributed by atoms with Crippen LogP contribution >= 0.6 is 11.3 Å². The van der Waals surface area contributed by atoms with Gasteiger partial charge in [0.05, 0.1) is 6.54 Å². The number of thiophene rings is 1. The van der Waals surface area contributed by atoms with Crippen LogP contribution in [0.3, 0.4) is 0 Å². The summed E-state index contributed by atoms with van der Waals surface area (Å²) < 4.78 is 0. The zero-order valence-electron chi connectivity index (χ0n) is 12.5. The highest BCUT2D eigenvalue weighted by Crippen LogP contribution is 2.24. The lowest BCUT2D eigenvalue weighted by molar-refractivity contribution is 0.682. The van der Waals surface area contributed by atoms with Gasteiger partial charge < -0.3 is 10.6 Å². The van der Waals surface area contributed by atoms with Crippen molar-refractivity contribution in [3.05, 3.63) is 52.2 Å². The highest BCUT2D eigenvalue weighted by Gasteiger charge is 2.12. The van der Waals surface area contributed by atoms with Crippen LogP contribution in [0.1, 0.15) is 43.7 Å². The Hall–Kier alpha value is -1.32. The SMILES string of the molecule is CC[C@@H](N)c1ccc(N(Cc2cccs2)C(C)C)cc1. The van der Waals surface area contributed by atoms with Crippen LogP contribution in [-0.4, -0.2) is 6.04 Å². The van der Waals surface area contributed by atoms with E-state index in [2.05, 4.69) is 67.4 Å². The predicted molar refractivity (Wildman–Crippen MR) is 89.3 cm³/mol. The molecule has 0 amide bonds. The molecule has 0 spiro atoms. The van der Waals surface area contributed by atoms with Crippen LogP contribution in [0.5, 0.6) is 0 Å². The third-order valence-corrected chi connectivity index (χ3v) is 4.48. The minimum absolute atomic E-state index is 0.147. The van der Waals surface area contributed by atoms with Gasteiger partial charge in [0, 0.05) is 22.6 Å². The maximum atomic E-state index is 6.08. The van der Waals surface area contributed by atoms with Crippen LogP contribution in [-0.2, 0) is 6.54 Å². The summed E-state index contributed by atoms with van der Waals surface area (Å²) in [5.41, 5.74) is 8.56. The second-order valence-corrected chi connectivity index (χ2v) is 6.44. The molecule has 0 saturated carbocycles. The molecule has 20 heavy (non-hydrogen) atoms. The fourth-order valence-electron chi connectivity index (χ4n) is 2.29. The van der Waals surface area contributed by atoms with Gasteiger partial charge in [-0.2, -0.15) is 0 Å². The molecule has 1 aromatic carbocycles. The Morgan fingerprint density at radius 1 is 1.15 bits per heavy atom. The smallest absolute Gasteiger partial charge is 0.0525 e. The Morgan fingerprint density at radius 2 is 1.85 bits per heavy atom. The predicted octanol–water partition coefficient (Wildman–Crippen LogP) is 4.57. The van der Waals surface area contributed by atoms with Crippen LogP contribution in [0.25, 0.3) is 0 Å². The molecule has 0 bridgehead atoms. The minimum atomic E-state index is 0.147. The van der Waals surface area contributed by atoms with E-state index in [0.717, 1.165) is 13.0 Å². The molecule has 0 fully saturated rings. The topological polar surface area (TPSA) is 29.3 Å². The lowest BCUT2D eigenvalue weighted by atomic mass is 10.0. The summed E-state index contributed by atoms with van der Waals surface area (Å²) in [6.07, 6.45) is 0.975. The first kappa shape index (κ1) is 15.1. The summed E-state index contributed by atoms with van der Waals surface area (Å²) in [6.45, 7) is 7.56. The Bertz CT molecular complexity index is 502. The lowest BCUT2D eigenvalue weighted by Crippen LogP contribution is -2.29. The summed E-state index contributed by atoms with van der Waals surface area (Å²) in [6, 6.07) is 13.6. The molecule has 0 aliphatic rings. The van der Waals surface area contributed by atoms with E-state index in [1.165, 1.54) is 16.1 Å². The van der Waals surface area contributed by atoms with E-state index in [9.17, 15) is 0 Å². The Morgan fingerprint density at radius 3 is 2.35 bits per heavy atom. The molecule has 0 aliphatic carbocycles. The first-order valence-electron chi connectivity index (χ1n) is 7.26. The molecule has 0 aliphatic heterocycles. The number of anilines is 1. The number of nitrogens with two attached hydrogens (primary N) is 1. The van der Waals surface area contributed by atoms with Gasteiger partial charge in [0.2, 0.25) is 0 Å². The van der Waals surface area contributed by atoms with Crippen LogP contribution in [0.4, 0.5) is 5.69 Å². The molecular weight excluding hydrogens is 264 g/mol. The normalized spacial score (nSPS) is 12.7. The lowest BCUT2D eigenvalue weighted by Gasteiger charge is -2.29. The average Bonchev–Trinajstić information content (AvgIpc) is 2.97. The molecule has 0 unspecified atom stereocenters. The molecule has 2 rings (SSSR count). The summed E-state index contributed by atoms with van der Waals surface area (Å²) in [5, 5.41) is 2.14. The van der Waals surface area contributed by atoms with Crippen molar-refractivity contribution < 1.29 is 0 Å². The maximum Gasteiger partial charge on any atom is 0.0525 e. The third-order valence-electron chi connectivity index (χ3n) is 3.62. The van der Waals surface area contributed by atoms with Gasteiger partial charge in [-0.3, -0.25) is 0 Å². The number of benzene rings is 1. The summed E-state index contributed by atoms with van der Waals surface area (Å²) in [5.74, 6) is 0. The minimum Gasteiger partial charge on any atom is -0.364 e. The molecular formula is C17H24N2S. The fourth-order valence-corrected chi connectivity index (χ4v) is 2.99. The van der Waals surface area contributed by atoms with Crippen molar-refractivity contribution >= 4 is 17.0 Å². The molecule has 0 saturated heterocycles. The van der Waals surface area contributed by atoms with Crippen molar-refractivity contribution in [2.45, 2.75) is 45.8 Å². The van der Waals surface area contributed by atoms with Crippen molar-refractivity contribution in [1.82, 2.24) is 0 Å². The van der Waals surface area contributed by atoms with Crippen molar-refractivity contribution in [2.75, 3.05) is 4.90 Å². The van der Waals surface area contributed by atoms with Gasteiger partial charge in [0.15, 0.2) is 0 Å². The molecule has 3 heteroatoms. The average molecular weight is 288 g/mol. The second kappa shape index (κ2) is 6.91. The van der Waals surface area contributed by atoms with Gasteiger partial charge in [0.1, 0.15) is 0 Å². The molecule has 2 nitrogen and oxygen atoms in total. The largest absolute Gasteiger partial charge is 0.364 e.